The summed E-state index contributed by atoms with van der Waals surface area (Å²) in [5.41, 5.74) is -0.865. The molecular weight excluding hydrogens is 280 g/mol. The van der Waals surface area contributed by atoms with Crippen molar-refractivity contribution >= 4 is 29.7 Å². The predicted octanol–water partition coefficient (Wildman–Crippen LogP) is 1.30. The van der Waals surface area contributed by atoms with Gasteiger partial charge in [-0.25, -0.2) is 4.79 Å². The van der Waals surface area contributed by atoms with E-state index in [2.05, 4.69) is 5.32 Å². The minimum absolute atomic E-state index is 0.0486. The molecule has 0 aromatic carbocycles. The fraction of sp³-hybridized carbons (Fsp3) is 0.769. The maximum Gasteiger partial charge on any atom is 0.325 e. The molecule has 0 aromatic rings. The van der Waals surface area contributed by atoms with Gasteiger partial charge in [0.1, 0.15) is 5.54 Å². The fourth-order valence-corrected chi connectivity index (χ4v) is 3.61. The van der Waals surface area contributed by atoms with Crippen molar-refractivity contribution in [3.8, 4) is 0 Å². The number of imide groups is 1. The zero-order valence-corrected chi connectivity index (χ0v) is 12.6. The highest BCUT2D eigenvalue weighted by Gasteiger charge is 2.45. The lowest BCUT2D eigenvalue weighted by Gasteiger charge is -2.16. The van der Waals surface area contributed by atoms with Gasteiger partial charge < -0.3 is 10.4 Å². The normalized spacial score (nSPS) is 22.8. The van der Waals surface area contributed by atoms with Gasteiger partial charge in [0.25, 0.3) is 5.91 Å². The average Bonchev–Trinajstić information content (AvgIpc) is 3.02. The minimum atomic E-state index is -0.817. The maximum atomic E-state index is 11.9. The van der Waals surface area contributed by atoms with Crippen molar-refractivity contribution in [1.82, 2.24) is 10.2 Å². The van der Waals surface area contributed by atoms with Gasteiger partial charge in [0, 0.05) is 12.3 Å². The van der Waals surface area contributed by atoms with E-state index in [0.717, 1.165) is 18.6 Å². The third-order valence-electron chi connectivity index (χ3n) is 3.80. The van der Waals surface area contributed by atoms with E-state index in [4.69, 9.17) is 5.11 Å². The van der Waals surface area contributed by atoms with Crippen molar-refractivity contribution < 1.29 is 19.5 Å². The van der Waals surface area contributed by atoms with Crippen LogP contribution in [0.4, 0.5) is 4.79 Å². The summed E-state index contributed by atoms with van der Waals surface area (Å²) in [6.45, 7) is 3.75. The van der Waals surface area contributed by atoms with Gasteiger partial charge in [0.15, 0.2) is 0 Å². The molecule has 1 heterocycles. The number of carboxylic acid groups (broad SMARTS) is 1. The van der Waals surface area contributed by atoms with Crippen LogP contribution in [0.2, 0.25) is 0 Å². The standard InChI is InChI=1S/C13H20N2O4S/c1-12(2)10(18)15(11(19)14-12)5-6-20-8-13(3-4-13)7-9(16)17/h3-8H2,1-2H3,(H,14,19)(H,16,17). The molecule has 0 bridgehead atoms. The van der Waals surface area contributed by atoms with Gasteiger partial charge in [-0.1, -0.05) is 0 Å². The van der Waals surface area contributed by atoms with Crippen LogP contribution in [-0.2, 0) is 9.59 Å². The number of carbonyl (C=O) groups excluding carboxylic acids is 2. The van der Waals surface area contributed by atoms with Crippen LogP contribution in [-0.4, -0.2) is 51.5 Å². The van der Waals surface area contributed by atoms with Crippen LogP contribution in [0.15, 0.2) is 0 Å². The van der Waals surface area contributed by atoms with Gasteiger partial charge in [-0.2, -0.15) is 11.8 Å². The SMILES string of the molecule is CC1(C)NC(=O)N(CCSCC2(CC(=O)O)CC2)C1=O. The molecule has 112 valence electrons. The van der Waals surface area contributed by atoms with Crippen molar-refractivity contribution in [2.24, 2.45) is 5.41 Å². The predicted molar refractivity (Wildman–Crippen MR) is 75.6 cm³/mol. The number of urea groups is 1. The Bertz CT molecular complexity index is 446. The van der Waals surface area contributed by atoms with Gasteiger partial charge in [-0.3, -0.25) is 14.5 Å². The van der Waals surface area contributed by atoms with Crippen LogP contribution in [0.25, 0.3) is 0 Å². The van der Waals surface area contributed by atoms with Gasteiger partial charge in [0.05, 0.1) is 6.42 Å². The van der Waals surface area contributed by atoms with Crippen LogP contribution >= 0.6 is 11.8 Å². The Hall–Kier alpha value is -1.24. The van der Waals surface area contributed by atoms with Gasteiger partial charge in [-0.05, 0) is 37.9 Å². The smallest absolute Gasteiger partial charge is 0.325 e. The number of carbonyl (C=O) groups is 3. The Morgan fingerprint density at radius 1 is 1.40 bits per heavy atom. The van der Waals surface area contributed by atoms with E-state index >= 15 is 0 Å². The molecule has 0 atom stereocenters. The number of aliphatic carboxylic acids is 1. The number of carboxylic acids is 1. The lowest BCUT2D eigenvalue weighted by atomic mass is 10.1. The summed E-state index contributed by atoms with van der Waals surface area (Å²) in [5.74, 6) is 0.483. The molecule has 2 fully saturated rings. The van der Waals surface area contributed by atoms with Gasteiger partial charge in [0.2, 0.25) is 0 Å². The first-order valence-electron chi connectivity index (χ1n) is 6.69. The Balaban J connectivity index is 1.73. The maximum absolute atomic E-state index is 11.9. The summed E-state index contributed by atoms with van der Waals surface area (Å²) in [7, 11) is 0. The lowest BCUT2D eigenvalue weighted by molar-refractivity contribution is -0.138. The number of nitrogens with zero attached hydrogens (tertiary/aromatic N) is 1. The first-order chi connectivity index (χ1) is 9.26. The molecule has 0 aromatic heterocycles. The zero-order valence-electron chi connectivity index (χ0n) is 11.8. The number of hydrogen-bond donors (Lipinski definition) is 2. The quantitative estimate of drug-likeness (QED) is 0.547. The summed E-state index contributed by atoms with van der Waals surface area (Å²) in [5, 5.41) is 11.5. The molecule has 2 aliphatic rings. The highest BCUT2D eigenvalue weighted by molar-refractivity contribution is 7.99. The second-order valence-corrected chi connectivity index (χ2v) is 7.24. The monoisotopic (exact) mass is 300 g/mol. The number of nitrogens with one attached hydrogen (secondary N) is 1. The Labute approximate surface area is 122 Å². The van der Waals surface area contributed by atoms with Crippen molar-refractivity contribution in [2.45, 2.75) is 38.6 Å². The molecule has 20 heavy (non-hydrogen) atoms. The molecule has 1 aliphatic heterocycles. The van der Waals surface area contributed by atoms with E-state index in [1.54, 1.807) is 25.6 Å². The van der Waals surface area contributed by atoms with E-state index in [-0.39, 0.29) is 23.8 Å². The third-order valence-corrected chi connectivity index (χ3v) is 5.08. The van der Waals surface area contributed by atoms with E-state index in [1.807, 2.05) is 0 Å². The third kappa shape index (κ3) is 3.26. The van der Waals surface area contributed by atoms with E-state index < -0.39 is 11.5 Å². The molecule has 0 unspecified atom stereocenters. The Morgan fingerprint density at radius 2 is 2.05 bits per heavy atom. The van der Waals surface area contributed by atoms with Crippen LogP contribution in [0.5, 0.6) is 0 Å². The van der Waals surface area contributed by atoms with E-state index in [9.17, 15) is 14.4 Å². The van der Waals surface area contributed by atoms with Gasteiger partial charge in [-0.15, -0.1) is 0 Å². The molecule has 1 saturated carbocycles. The van der Waals surface area contributed by atoms with Crippen LogP contribution in [0.3, 0.4) is 0 Å². The second-order valence-electron chi connectivity index (χ2n) is 6.14. The molecular formula is C13H20N2O4S. The molecule has 2 rings (SSSR count). The topological polar surface area (TPSA) is 86.7 Å². The number of rotatable bonds is 7. The molecule has 3 amide bonds. The minimum Gasteiger partial charge on any atom is -0.481 e. The van der Waals surface area contributed by atoms with Gasteiger partial charge >= 0.3 is 12.0 Å². The molecule has 0 radical (unpaired) electrons. The number of hydrogen-bond acceptors (Lipinski definition) is 4. The summed E-state index contributed by atoms with van der Waals surface area (Å²) in [6, 6.07) is -0.340. The summed E-state index contributed by atoms with van der Waals surface area (Å²) in [4.78, 5) is 35.6. The largest absolute Gasteiger partial charge is 0.481 e. The summed E-state index contributed by atoms with van der Waals surface area (Å²) in [6.07, 6.45) is 2.14. The number of thioether (sulfide) groups is 1. The van der Waals surface area contributed by atoms with Crippen molar-refractivity contribution in [3.63, 3.8) is 0 Å². The Morgan fingerprint density at radius 3 is 2.50 bits per heavy atom. The average molecular weight is 300 g/mol. The van der Waals surface area contributed by atoms with Crippen LogP contribution in [0, 0.1) is 5.41 Å². The molecule has 1 aliphatic carbocycles. The van der Waals surface area contributed by atoms with Crippen molar-refractivity contribution in [3.05, 3.63) is 0 Å². The first kappa shape index (κ1) is 15.2. The second kappa shape index (κ2) is 5.27. The highest BCUT2D eigenvalue weighted by Crippen LogP contribution is 2.50. The molecule has 7 heteroatoms. The zero-order chi connectivity index (χ0) is 15.0. The first-order valence-corrected chi connectivity index (χ1v) is 7.85. The van der Waals surface area contributed by atoms with Crippen LogP contribution in [0.1, 0.15) is 33.1 Å². The van der Waals surface area contributed by atoms with E-state index in [0.29, 0.717) is 12.3 Å². The summed E-state index contributed by atoms with van der Waals surface area (Å²) >= 11 is 1.62. The number of amides is 3. The molecule has 2 N–H and O–H groups in total. The van der Waals surface area contributed by atoms with Crippen LogP contribution < -0.4 is 5.32 Å². The molecule has 0 spiro atoms. The molecule has 6 nitrogen and oxygen atoms in total. The van der Waals surface area contributed by atoms with Crippen molar-refractivity contribution in [2.75, 3.05) is 18.1 Å². The summed E-state index contributed by atoms with van der Waals surface area (Å²) < 4.78 is 0. The van der Waals surface area contributed by atoms with E-state index in [1.165, 1.54) is 4.90 Å². The molecule has 1 saturated heterocycles. The lowest BCUT2D eigenvalue weighted by Crippen LogP contribution is -2.40. The highest BCUT2D eigenvalue weighted by atomic mass is 32.2. The Kier molecular flexibility index (Phi) is 4.00. The van der Waals surface area contributed by atoms with Crippen molar-refractivity contribution in [1.29, 1.82) is 0 Å². The fourth-order valence-electron chi connectivity index (χ4n) is 2.34.